The molecule has 0 atom stereocenters. The molecule has 0 bridgehead atoms. The van der Waals surface area contributed by atoms with E-state index in [-0.39, 0.29) is 34.5 Å². The van der Waals surface area contributed by atoms with Crippen molar-refractivity contribution in [2.45, 2.75) is 70.1 Å². The van der Waals surface area contributed by atoms with Gasteiger partial charge in [0.1, 0.15) is 10.1 Å². The van der Waals surface area contributed by atoms with E-state index in [4.69, 9.17) is 0 Å². The molecule has 0 unspecified atom stereocenters. The summed E-state index contributed by atoms with van der Waals surface area (Å²) < 4.78 is 35.6. The van der Waals surface area contributed by atoms with Crippen LogP contribution in [-0.4, -0.2) is 13.0 Å². The van der Waals surface area contributed by atoms with Gasteiger partial charge < -0.3 is 4.55 Å². The SMILES string of the molecule is CCCCCCCCCc1c(C)cc2ccccc2c1S(=O)(=O)[O-].[Na+]. The Morgan fingerprint density at radius 2 is 1.56 bits per heavy atom. The largest absolute Gasteiger partial charge is 1.00 e. The minimum Gasteiger partial charge on any atom is -0.744 e. The van der Waals surface area contributed by atoms with E-state index >= 15 is 0 Å². The molecule has 0 aliphatic rings. The topological polar surface area (TPSA) is 57.2 Å². The maximum absolute atomic E-state index is 11.9. The summed E-state index contributed by atoms with van der Waals surface area (Å²) in [6.45, 7) is 4.10. The quantitative estimate of drug-likeness (QED) is 0.387. The summed E-state index contributed by atoms with van der Waals surface area (Å²) in [6, 6.07) is 9.21. The molecule has 0 aliphatic heterocycles. The molecule has 3 nitrogen and oxygen atoms in total. The van der Waals surface area contributed by atoms with Crippen LogP contribution in [-0.2, 0) is 16.5 Å². The number of benzene rings is 2. The molecule has 2 aromatic rings. The summed E-state index contributed by atoms with van der Waals surface area (Å²) in [7, 11) is -4.49. The van der Waals surface area contributed by atoms with Crippen LogP contribution in [0, 0.1) is 6.92 Å². The molecule has 2 aromatic carbocycles. The Labute approximate surface area is 174 Å². The summed E-state index contributed by atoms with van der Waals surface area (Å²) >= 11 is 0. The summed E-state index contributed by atoms with van der Waals surface area (Å²) in [4.78, 5) is -0.0101. The Hall–Kier alpha value is -0.390. The van der Waals surface area contributed by atoms with Gasteiger partial charge in [0.15, 0.2) is 0 Å². The minimum absolute atomic E-state index is 0. The van der Waals surface area contributed by atoms with Crippen molar-refractivity contribution in [1.29, 1.82) is 0 Å². The number of hydrogen-bond donors (Lipinski definition) is 0. The average Bonchev–Trinajstić information content (AvgIpc) is 2.52. The van der Waals surface area contributed by atoms with Crippen molar-refractivity contribution in [3.05, 3.63) is 41.5 Å². The Bertz CT molecular complexity index is 785. The van der Waals surface area contributed by atoms with E-state index in [1.807, 2.05) is 25.1 Å². The van der Waals surface area contributed by atoms with Gasteiger partial charge in [0.2, 0.25) is 0 Å². The fourth-order valence-electron chi connectivity index (χ4n) is 3.35. The van der Waals surface area contributed by atoms with E-state index < -0.39 is 10.1 Å². The van der Waals surface area contributed by atoms with Crippen molar-refractivity contribution in [3.8, 4) is 0 Å². The van der Waals surface area contributed by atoms with E-state index in [1.54, 1.807) is 12.1 Å². The smallest absolute Gasteiger partial charge is 0.744 e. The molecule has 0 amide bonds. The van der Waals surface area contributed by atoms with E-state index in [1.165, 1.54) is 32.1 Å². The molecule has 0 heterocycles. The number of aryl methyl sites for hydroxylation is 1. The second-order valence-corrected chi connectivity index (χ2v) is 7.86. The fourth-order valence-corrected chi connectivity index (χ4v) is 4.37. The molecule has 0 saturated carbocycles. The first kappa shape index (κ1) is 22.7. The maximum Gasteiger partial charge on any atom is 1.00 e. The molecule has 0 spiro atoms. The van der Waals surface area contributed by atoms with Crippen LogP contribution in [0.4, 0.5) is 0 Å². The van der Waals surface area contributed by atoms with Gasteiger partial charge >= 0.3 is 29.6 Å². The first-order valence-corrected chi connectivity index (χ1v) is 10.3. The molecular weight excluding hydrogens is 343 g/mol. The van der Waals surface area contributed by atoms with Gasteiger partial charge in [-0.15, -0.1) is 0 Å². The molecule has 0 radical (unpaired) electrons. The predicted octanol–water partition coefficient (Wildman–Crippen LogP) is 2.35. The van der Waals surface area contributed by atoms with Crippen LogP contribution >= 0.6 is 0 Å². The van der Waals surface area contributed by atoms with E-state index in [2.05, 4.69) is 6.92 Å². The van der Waals surface area contributed by atoms with Gasteiger partial charge in [-0.05, 0) is 41.7 Å². The first-order chi connectivity index (χ1) is 11.4. The summed E-state index contributed by atoms with van der Waals surface area (Å²) in [5.41, 5.74) is 1.60. The Morgan fingerprint density at radius 3 is 2.20 bits per heavy atom. The third-order valence-electron chi connectivity index (χ3n) is 4.61. The van der Waals surface area contributed by atoms with Crippen molar-refractivity contribution >= 4 is 20.9 Å². The summed E-state index contributed by atoms with van der Waals surface area (Å²) in [5, 5.41) is 1.36. The van der Waals surface area contributed by atoms with Crippen LogP contribution in [0.25, 0.3) is 10.8 Å². The van der Waals surface area contributed by atoms with Gasteiger partial charge in [0.05, 0.1) is 4.90 Å². The van der Waals surface area contributed by atoms with Crippen LogP contribution in [0.5, 0.6) is 0 Å². The van der Waals surface area contributed by atoms with Crippen molar-refractivity contribution in [2.75, 3.05) is 0 Å². The average molecular weight is 370 g/mol. The molecule has 25 heavy (non-hydrogen) atoms. The molecule has 5 heteroatoms. The van der Waals surface area contributed by atoms with Crippen LogP contribution < -0.4 is 29.6 Å². The van der Waals surface area contributed by atoms with E-state index in [9.17, 15) is 13.0 Å². The molecule has 0 saturated heterocycles. The second kappa shape index (κ2) is 10.7. The predicted molar refractivity (Wildman–Crippen MR) is 98.3 cm³/mol. The van der Waals surface area contributed by atoms with Gasteiger partial charge in [-0.3, -0.25) is 0 Å². The zero-order valence-corrected chi connectivity index (χ0v) is 18.5. The van der Waals surface area contributed by atoms with Crippen LogP contribution in [0.3, 0.4) is 0 Å². The minimum atomic E-state index is -4.49. The molecule has 0 fully saturated rings. The van der Waals surface area contributed by atoms with Gasteiger partial charge in [0, 0.05) is 0 Å². The number of rotatable bonds is 9. The van der Waals surface area contributed by atoms with Gasteiger partial charge in [-0.25, -0.2) is 8.42 Å². The number of unbranched alkanes of at least 4 members (excludes halogenated alkanes) is 6. The van der Waals surface area contributed by atoms with E-state index in [0.29, 0.717) is 17.4 Å². The van der Waals surface area contributed by atoms with Crippen molar-refractivity contribution in [2.24, 2.45) is 0 Å². The Balaban J connectivity index is 0.00000312. The monoisotopic (exact) mass is 370 g/mol. The first-order valence-electron chi connectivity index (χ1n) is 8.92. The summed E-state index contributed by atoms with van der Waals surface area (Å²) in [6.07, 6.45) is 8.85. The Morgan fingerprint density at radius 1 is 0.960 bits per heavy atom. The van der Waals surface area contributed by atoms with Crippen LogP contribution in [0.1, 0.15) is 63.0 Å². The van der Waals surface area contributed by atoms with Gasteiger partial charge in [-0.2, -0.15) is 0 Å². The van der Waals surface area contributed by atoms with Crippen LogP contribution in [0.15, 0.2) is 35.2 Å². The maximum atomic E-state index is 11.9. The summed E-state index contributed by atoms with van der Waals surface area (Å²) in [5.74, 6) is 0. The van der Waals surface area contributed by atoms with E-state index in [0.717, 1.165) is 23.8 Å². The van der Waals surface area contributed by atoms with Crippen molar-refractivity contribution in [3.63, 3.8) is 0 Å². The van der Waals surface area contributed by atoms with Gasteiger partial charge in [-0.1, -0.05) is 75.8 Å². The normalized spacial score (nSPS) is 11.5. The fraction of sp³-hybridized carbons (Fsp3) is 0.500. The zero-order chi connectivity index (χ0) is 17.6. The molecule has 2 rings (SSSR count). The third-order valence-corrected chi connectivity index (χ3v) is 5.57. The molecule has 0 aliphatic carbocycles. The Kier molecular flexibility index (Phi) is 9.68. The zero-order valence-electron chi connectivity index (χ0n) is 15.7. The molecule has 0 aromatic heterocycles. The van der Waals surface area contributed by atoms with Crippen molar-refractivity contribution < 1.29 is 42.5 Å². The van der Waals surface area contributed by atoms with Crippen LogP contribution in [0.2, 0.25) is 0 Å². The van der Waals surface area contributed by atoms with Gasteiger partial charge in [0.25, 0.3) is 0 Å². The second-order valence-electron chi connectivity index (χ2n) is 6.55. The third kappa shape index (κ3) is 6.37. The molecule has 0 N–H and O–H groups in total. The number of hydrogen-bond acceptors (Lipinski definition) is 3. The molecule has 132 valence electrons. The van der Waals surface area contributed by atoms with Crippen molar-refractivity contribution in [1.82, 2.24) is 0 Å². The molecular formula is C20H27NaO3S. The standard InChI is InChI=1S/C20H28O3S.Na/c1-3-4-5-6-7-8-9-13-18-16(2)15-17-12-10-11-14-19(17)20(18)24(21,22)23;/h10-12,14-15H,3-9,13H2,1-2H3,(H,21,22,23);/q;+1/p-1. The number of fused-ring (bicyclic) bond motifs is 1.